The van der Waals surface area contributed by atoms with E-state index < -0.39 is 27.7 Å². The number of aryl methyl sites for hydroxylation is 1. The van der Waals surface area contributed by atoms with Crippen LogP contribution in [0, 0.1) is 17.0 Å². The first kappa shape index (κ1) is 21.6. The van der Waals surface area contributed by atoms with E-state index in [1.807, 2.05) is 6.92 Å². The van der Waals surface area contributed by atoms with Crippen LogP contribution in [0.3, 0.4) is 0 Å². The second kappa shape index (κ2) is 9.11. The molecule has 30 heavy (non-hydrogen) atoms. The van der Waals surface area contributed by atoms with Crippen molar-refractivity contribution in [2.24, 2.45) is 0 Å². The van der Waals surface area contributed by atoms with Crippen molar-refractivity contribution in [3.05, 3.63) is 81.7 Å². The number of hydrogen-bond donors (Lipinski definition) is 1. The van der Waals surface area contributed by atoms with Gasteiger partial charge < -0.3 is 5.11 Å². The minimum atomic E-state index is -3.97. The zero-order chi connectivity index (χ0) is 21.7. The number of aromatic nitrogens is 3. The smallest absolute Gasteiger partial charge is 0.297 e. The third-order valence-electron chi connectivity index (χ3n) is 4.40. The third-order valence-corrected chi connectivity index (χ3v) is 5.70. The van der Waals surface area contributed by atoms with E-state index in [0.29, 0.717) is 12.1 Å². The molecule has 11 heteroatoms. The Morgan fingerprint density at radius 1 is 1.17 bits per heavy atom. The van der Waals surface area contributed by atoms with Gasteiger partial charge in [-0.25, -0.2) is 4.68 Å². The Morgan fingerprint density at radius 2 is 1.83 bits per heavy atom. The van der Waals surface area contributed by atoms with Crippen molar-refractivity contribution in [3.8, 4) is 0 Å². The standard InChI is InChI=1S/C19H20N4O6S/c1-14-2-8-19(9-3-14)30(27,28)29-13-18(12-24)22-11-16(20-21-22)10-15-4-6-17(7-5-15)23(25)26/h2-9,11,18,24H,10,12-13H2,1H3. The van der Waals surface area contributed by atoms with Crippen LogP contribution in [0.2, 0.25) is 0 Å². The molecule has 0 aliphatic carbocycles. The number of nitro groups is 1. The van der Waals surface area contributed by atoms with Crippen LogP contribution in [0.25, 0.3) is 0 Å². The highest BCUT2D eigenvalue weighted by Crippen LogP contribution is 2.17. The van der Waals surface area contributed by atoms with Crippen LogP contribution in [0.1, 0.15) is 22.9 Å². The lowest BCUT2D eigenvalue weighted by atomic mass is 10.1. The first-order chi connectivity index (χ1) is 14.3. The summed E-state index contributed by atoms with van der Waals surface area (Å²) in [5, 5.41) is 28.3. The zero-order valence-corrected chi connectivity index (χ0v) is 16.9. The summed E-state index contributed by atoms with van der Waals surface area (Å²) in [5.74, 6) is 0. The Morgan fingerprint density at radius 3 is 2.43 bits per heavy atom. The molecule has 3 rings (SSSR count). The van der Waals surface area contributed by atoms with E-state index >= 15 is 0 Å². The molecule has 2 aromatic carbocycles. The number of nitro benzene ring substituents is 1. The predicted molar refractivity (Wildman–Crippen MR) is 106 cm³/mol. The maximum Gasteiger partial charge on any atom is 0.297 e. The zero-order valence-electron chi connectivity index (χ0n) is 16.1. The number of hydrogen-bond acceptors (Lipinski definition) is 8. The van der Waals surface area contributed by atoms with Crippen molar-refractivity contribution in [1.29, 1.82) is 0 Å². The number of nitrogens with zero attached hydrogens (tertiary/aromatic N) is 4. The fourth-order valence-electron chi connectivity index (χ4n) is 2.67. The molecule has 0 amide bonds. The van der Waals surface area contributed by atoms with Gasteiger partial charge in [-0.3, -0.25) is 14.3 Å². The van der Waals surface area contributed by atoms with Gasteiger partial charge in [-0.2, -0.15) is 8.42 Å². The average Bonchev–Trinajstić information content (AvgIpc) is 3.17. The summed E-state index contributed by atoms with van der Waals surface area (Å²) in [4.78, 5) is 10.3. The fraction of sp³-hybridized carbons (Fsp3) is 0.263. The molecule has 158 valence electrons. The van der Waals surface area contributed by atoms with Crippen molar-refractivity contribution < 1.29 is 22.6 Å². The van der Waals surface area contributed by atoms with Gasteiger partial charge in [0.2, 0.25) is 0 Å². The summed E-state index contributed by atoms with van der Waals surface area (Å²) < 4.78 is 31.1. The molecular formula is C19H20N4O6S. The minimum absolute atomic E-state index is 0.00492. The van der Waals surface area contributed by atoms with Gasteiger partial charge in [0.1, 0.15) is 6.04 Å². The highest BCUT2D eigenvalue weighted by molar-refractivity contribution is 7.86. The molecule has 0 radical (unpaired) electrons. The summed E-state index contributed by atoms with van der Waals surface area (Å²) in [5.41, 5.74) is 2.27. The van der Waals surface area contributed by atoms with Gasteiger partial charge >= 0.3 is 0 Å². The summed E-state index contributed by atoms with van der Waals surface area (Å²) >= 11 is 0. The largest absolute Gasteiger partial charge is 0.394 e. The Bertz CT molecular complexity index is 1110. The highest BCUT2D eigenvalue weighted by atomic mass is 32.2. The van der Waals surface area contributed by atoms with Gasteiger partial charge in [0, 0.05) is 24.8 Å². The average molecular weight is 432 g/mol. The maximum absolute atomic E-state index is 12.3. The lowest BCUT2D eigenvalue weighted by Crippen LogP contribution is -2.22. The molecule has 3 aromatic rings. The Balaban J connectivity index is 1.65. The number of aliphatic hydroxyl groups excluding tert-OH is 1. The second-order valence-corrected chi connectivity index (χ2v) is 8.29. The van der Waals surface area contributed by atoms with Gasteiger partial charge in [-0.15, -0.1) is 5.10 Å². The van der Waals surface area contributed by atoms with Gasteiger partial charge in [0.15, 0.2) is 0 Å². The first-order valence-corrected chi connectivity index (χ1v) is 10.4. The monoisotopic (exact) mass is 432 g/mol. The van der Waals surface area contributed by atoms with E-state index in [1.54, 1.807) is 30.5 Å². The van der Waals surface area contributed by atoms with Crippen LogP contribution in [-0.4, -0.2) is 46.7 Å². The first-order valence-electron chi connectivity index (χ1n) is 8.99. The molecular weight excluding hydrogens is 412 g/mol. The van der Waals surface area contributed by atoms with Crippen LogP contribution >= 0.6 is 0 Å². The molecule has 1 heterocycles. The molecule has 0 aliphatic rings. The molecule has 1 N–H and O–H groups in total. The molecule has 0 spiro atoms. The van der Waals surface area contributed by atoms with Crippen LogP contribution in [0.4, 0.5) is 5.69 Å². The summed E-state index contributed by atoms with van der Waals surface area (Å²) in [6, 6.07) is 11.6. The topological polar surface area (TPSA) is 137 Å². The summed E-state index contributed by atoms with van der Waals surface area (Å²) in [6.45, 7) is 1.13. The van der Waals surface area contributed by atoms with Crippen LogP contribution in [-0.2, 0) is 20.7 Å². The SMILES string of the molecule is Cc1ccc(S(=O)(=O)OCC(CO)n2cc(Cc3ccc([N+](=O)[O-])cc3)nn2)cc1. The van der Waals surface area contributed by atoms with E-state index in [4.69, 9.17) is 4.18 Å². The molecule has 1 aromatic heterocycles. The van der Waals surface area contributed by atoms with Gasteiger partial charge in [0.05, 0.1) is 28.7 Å². The molecule has 0 aliphatic heterocycles. The molecule has 0 bridgehead atoms. The predicted octanol–water partition coefficient (Wildman–Crippen LogP) is 2.02. The van der Waals surface area contributed by atoms with Gasteiger partial charge in [0.25, 0.3) is 15.8 Å². The molecule has 10 nitrogen and oxygen atoms in total. The van der Waals surface area contributed by atoms with E-state index in [9.17, 15) is 23.6 Å². The minimum Gasteiger partial charge on any atom is -0.394 e. The van der Waals surface area contributed by atoms with Crippen molar-refractivity contribution >= 4 is 15.8 Å². The number of rotatable bonds is 9. The van der Waals surface area contributed by atoms with Crippen LogP contribution < -0.4 is 0 Å². The third kappa shape index (κ3) is 5.26. The highest BCUT2D eigenvalue weighted by Gasteiger charge is 2.20. The van der Waals surface area contributed by atoms with Crippen LogP contribution in [0.15, 0.2) is 59.6 Å². The fourth-order valence-corrected chi connectivity index (χ4v) is 3.61. The van der Waals surface area contributed by atoms with E-state index in [0.717, 1.165) is 11.1 Å². The Labute approximate surface area is 173 Å². The van der Waals surface area contributed by atoms with Crippen molar-refractivity contribution in [2.75, 3.05) is 13.2 Å². The normalized spacial score (nSPS) is 12.6. The van der Waals surface area contributed by atoms with E-state index in [-0.39, 0.29) is 17.2 Å². The quantitative estimate of drug-likeness (QED) is 0.308. The lowest BCUT2D eigenvalue weighted by Gasteiger charge is -2.14. The molecule has 0 saturated carbocycles. The number of benzene rings is 2. The second-order valence-electron chi connectivity index (χ2n) is 6.68. The summed E-state index contributed by atoms with van der Waals surface area (Å²) in [6.07, 6.45) is 1.95. The number of aliphatic hydroxyl groups is 1. The molecule has 0 saturated heterocycles. The van der Waals surface area contributed by atoms with Crippen molar-refractivity contribution in [1.82, 2.24) is 15.0 Å². The number of non-ortho nitro benzene ring substituents is 1. The molecule has 0 fully saturated rings. The van der Waals surface area contributed by atoms with Crippen LogP contribution in [0.5, 0.6) is 0 Å². The van der Waals surface area contributed by atoms with Gasteiger partial charge in [-0.05, 0) is 24.6 Å². The Hall–Kier alpha value is -3.15. The Kier molecular flexibility index (Phi) is 6.55. The summed E-state index contributed by atoms with van der Waals surface area (Å²) in [7, 11) is -3.97. The maximum atomic E-state index is 12.3. The van der Waals surface area contributed by atoms with Crippen molar-refractivity contribution in [2.45, 2.75) is 24.3 Å². The van der Waals surface area contributed by atoms with Crippen molar-refractivity contribution in [3.63, 3.8) is 0 Å². The lowest BCUT2D eigenvalue weighted by molar-refractivity contribution is -0.384. The van der Waals surface area contributed by atoms with E-state index in [2.05, 4.69) is 10.3 Å². The van der Waals surface area contributed by atoms with Gasteiger partial charge in [-0.1, -0.05) is 35.0 Å². The molecule has 1 atom stereocenters. The van der Waals surface area contributed by atoms with E-state index in [1.165, 1.54) is 28.9 Å². The molecule has 1 unspecified atom stereocenters.